The fourth-order valence-electron chi connectivity index (χ4n) is 4.57. The number of hydrogen-bond donors (Lipinski definition) is 0. The van der Waals surface area contributed by atoms with Gasteiger partial charge in [0.25, 0.3) is 0 Å². The number of carbonyl (C=O) groups excluding carboxylic acids is 1. The van der Waals surface area contributed by atoms with Gasteiger partial charge in [-0.2, -0.15) is 0 Å². The molecule has 1 fully saturated rings. The quantitative estimate of drug-likeness (QED) is 0.633. The first kappa shape index (κ1) is 22.4. The highest BCUT2D eigenvalue weighted by Crippen LogP contribution is 2.35. The molecule has 0 N–H and O–H groups in total. The maximum atomic E-state index is 12.7. The zero-order chi connectivity index (χ0) is 21.5. The lowest BCUT2D eigenvalue weighted by Crippen LogP contribution is -2.41. The first-order valence-electron chi connectivity index (χ1n) is 10.9. The van der Waals surface area contributed by atoms with Gasteiger partial charge in [-0.1, -0.05) is 44.2 Å². The summed E-state index contributed by atoms with van der Waals surface area (Å²) in [6.07, 6.45) is 1.86. The Morgan fingerprint density at radius 2 is 1.97 bits per heavy atom. The lowest BCUT2D eigenvalue weighted by atomic mass is 9.86. The Labute approximate surface area is 181 Å². The average Bonchev–Trinajstić information content (AvgIpc) is 3.10. The van der Waals surface area contributed by atoms with Crippen molar-refractivity contribution in [2.45, 2.75) is 33.2 Å². The summed E-state index contributed by atoms with van der Waals surface area (Å²) in [5.41, 5.74) is 3.82. The fourth-order valence-corrected chi connectivity index (χ4v) is 4.57. The summed E-state index contributed by atoms with van der Waals surface area (Å²) >= 11 is 0. The number of methoxy groups -OCH3 is 1. The number of aromatic nitrogens is 1. The first-order chi connectivity index (χ1) is 14.5. The lowest BCUT2D eigenvalue weighted by molar-refractivity contribution is -0.136. The van der Waals surface area contributed by atoms with Crippen molar-refractivity contribution in [2.75, 3.05) is 39.9 Å². The minimum Gasteiger partial charge on any atom is -0.375 e. The molecule has 1 aromatic heterocycles. The van der Waals surface area contributed by atoms with E-state index in [1.807, 2.05) is 23.2 Å². The molecule has 2 unspecified atom stereocenters. The maximum absolute atomic E-state index is 12.7. The van der Waals surface area contributed by atoms with E-state index >= 15 is 0 Å². The molecule has 1 amide bonds. The molecule has 0 saturated carbocycles. The van der Waals surface area contributed by atoms with Gasteiger partial charge in [0.15, 0.2) is 0 Å². The topological polar surface area (TPSA) is 45.7 Å². The Balaban J connectivity index is 1.81. The molecule has 2 heterocycles. The van der Waals surface area contributed by atoms with Gasteiger partial charge in [0.1, 0.15) is 6.61 Å². The van der Waals surface area contributed by atoms with Gasteiger partial charge in [-0.3, -0.25) is 14.7 Å². The van der Waals surface area contributed by atoms with Crippen LogP contribution in [0.1, 0.15) is 36.6 Å². The highest BCUT2D eigenvalue weighted by molar-refractivity contribution is 5.77. The molecule has 0 aliphatic carbocycles. The van der Waals surface area contributed by atoms with Crippen molar-refractivity contribution >= 4 is 5.91 Å². The van der Waals surface area contributed by atoms with Crippen LogP contribution >= 0.6 is 0 Å². The van der Waals surface area contributed by atoms with Crippen LogP contribution in [-0.2, 0) is 16.1 Å². The number of carbonyl (C=O) groups is 1. The largest absolute Gasteiger partial charge is 0.375 e. The minimum atomic E-state index is 0.0814. The molecule has 3 rings (SSSR count). The number of likely N-dealkylation sites (tertiary alicyclic amines) is 1. The summed E-state index contributed by atoms with van der Waals surface area (Å²) in [5.74, 6) is 1.29. The monoisotopic (exact) mass is 409 g/mol. The molecule has 1 aromatic carbocycles. The molecule has 0 bridgehead atoms. The van der Waals surface area contributed by atoms with Crippen molar-refractivity contribution < 1.29 is 9.53 Å². The molecular formula is C25H35N3O2. The summed E-state index contributed by atoms with van der Waals surface area (Å²) in [4.78, 5) is 21.7. The summed E-state index contributed by atoms with van der Waals surface area (Å²) in [5, 5.41) is 0. The smallest absolute Gasteiger partial charge is 0.248 e. The van der Waals surface area contributed by atoms with Crippen molar-refractivity contribution in [3.05, 3.63) is 65.5 Å². The number of ether oxygens (including phenoxy) is 1. The highest BCUT2D eigenvalue weighted by Gasteiger charge is 2.36. The second-order valence-corrected chi connectivity index (χ2v) is 8.86. The van der Waals surface area contributed by atoms with E-state index in [2.05, 4.69) is 61.0 Å². The zero-order valence-corrected chi connectivity index (χ0v) is 18.8. The van der Waals surface area contributed by atoms with Gasteiger partial charge < -0.3 is 9.64 Å². The fraction of sp³-hybridized carbons (Fsp3) is 0.520. The van der Waals surface area contributed by atoms with Crippen molar-refractivity contribution in [1.82, 2.24) is 14.8 Å². The van der Waals surface area contributed by atoms with Crippen LogP contribution in [0.4, 0.5) is 0 Å². The molecule has 0 spiro atoms. The Morgan fingerprint density at radius 1 is 1.20 bits per heavy atom. The van der Waals surface area contributed by atoms with Crippen LogP contribution in [0.2, 0.25) is 0 Å². The Kier molecular flexibility index (Phi) is 8.00. The first-order valence-corrected chi connectivity index (χ1v) is 10.9. The SMILES string of the molecule is COCC(=O)N(CC(C)C)CC1CN(Cc2ccccn2)CC1c1ccccc1C. The van der Waals surface area contributed by atoms with Crippen molar-refractivity contribution in [3.8, 4) is 0 Å². The van der Waals surface area contributed by atoms with Crippen LogP contribution in [-0.4, -0.2) is 60.6 Å². The van der Waals surface area contributed by atoms with E-state index in [-0.39, 0.29) is 12.5 Å². The van der Waals surface area contributed by atoms with Crippen LogP contribution in [0.3, 0.4) is 0 Å². The summed E-state index contributed by atoms with van der Waals surface area (Å²) < 4.78 is 5.15. The Morgan fingerprint density at radius 3 is 2.63 bits per heavy atom. The number of amides is 1. The summed E-state index contributed by atoms with van der Waals surface area (Å²) in [6, 6.07) is 14.8. The number of aryl methyl sites for hydroxylation is 1. The average molecular weight is 410 g/mol. The molecule has 0 radical (unpaired) electrons. The molecule has 2 atom stereocenters. The van der Waals surface area contributed by atoms with Gasteiger partial charge in [-0.05, 0) is 42.0 Å². The van der Waals surface area contributed by atoms with Gasteiger partial charge in [0.05, 0.1) is 5.69 Å². The molecule has 162 valence electrons. The molecule has 1 aliphatic heterocycles. The van der Waals surface area contributed by atoms with Gasteiger partial charge in [0, 0.05) is 51.9 Å². The lowest BCUT2D eigenvalue weighted by Gasteiger charge is -2.30. The van der Waals surface area contributed by atoms with Gasteiger partial charge in [-0.25, -0.2) is 0 Å². The van der Waals surface area contributed by atoms with E-state index in [1.54, 1.807) is 7.11 Å². The van der Waals surface area contributed by atoms with E-state index in [9.17, 15) is 4.79 Å². The third kappa shape index (κ3) is 5.89. The number of pyridine rings is 1. The second-order valence-electron chi connectivity index (χ2n) is 8.86. The number of nitrogens with zero attached hydrogens (tertiary/aromatic N) is 3. The highest BCUT2D eigenvalue weighted by atomic mass is 16.5. The van der Waals surface area contributed by atoms with Crippen LogP contribution in [0.5, 0.6) is 0 Å². The van der Waals surface area contributed by atoms with Crippen LogP contribution < -0.4 is 0 Å². The third-order valence-electron chi connectivity index (χ3n) is 5.88. The van der Waals surface area contributed by atoms with Gasteiger partial charge in [0.2, 0.25) is 5.91 Å². The van der Waals surface area contributed by atoms with Crippen LogP contribution in [0.15, 0.2) is 48.7 Å². The molecule has 1 saturated heterocycles. The number of benzene rings is 1. The molecule has 1 aliphatic rings. The van der Waals surface area contributed by atoms with E-state index in [0.29, 0.717) is 17.8 Å². The number of hydrogen-bond acceptors (Lipinski definition) is 4. The molecule has 5 nitrogen and oxygen atoms in total. The maximum Gasteiger partial charge on any atom is 0.248 e. The van der Waals surface area contributed by atoms with E-state index in [0.717, 1.165) is 38.4 Å². The van der Waals surface area contributed by atoms with E-state index < -0.39 is 0 Å². The van der Waals surface area contributed by atoms with Crippen LogP contribution in [0, 0.1) is 18.8 Å². The Bertz CT molecular complexity index is 809. The van der Waals surface area contributed by atoms with Crippen LogP contribution in [0.25, 0.3) is 0 Å². The predicted octanol–water partition coefficient (Wildman–Crippen LogP) is 3.74. The predicted molar refractivity (Wildman–Crippen MR) is 120 cm³/mol. The zero-order valence-electron chi connectivity index (χ0n) is 18.8. The minimum absolute atomic E-state index is 0.0814. The molecular weight excluding hydrogens is 374 g/mol. The van der Waals surface area contributed by atoms with Gasteiger partial charge >= 0.3 is 0 Å². The second kappa shape index (κ2) is 10.7. The molecule has 2 aromatic rings. The summed E-state index contributed by atoms with van der Waals surface area (Å²) in [7, 11) is 1.59. The van der Waals surface area contributed by atoms with Crippen molar-refractivity contribution in [2.24, 2.45) is 11.8 Å². The van der Waals surface area contributed by atoms with E-state index in [4.69, 9.17) is 4.74 Å². The third-order valence-corrected chi connectivity index (χ3v) is 5.88. The number of rotatable bonds is 9. The Hall–Kier alpha value is -2.24. The standard InChI is InChI=1S/C25H35N3O2/c1-19(2)13-28(25(29)18-30-4)15-21-14-27(16-22-10-7-8-12-26-22)17-24(21)23-11-6-5-9-20(23)3/h5-12,19,21,24H,13-18H2,1-4H3. The summed E-state index contributed by atoms with van der Waals surface area (Å²) in [6.45, 7) is 11.0. The van der Waals surface area contributed by atoms with Crippen molar-refractivity contribution in [1.29, 1.82) is 0 Å². The van der Waals surface area contributed by atoms with Gasteiger partial charge in [-0.15, -0.1) is 0 Å². The molecule has 30 heavy (non-hydrogen) atoms. The van der Waals surface area contributed by atoms with E-state index in [1.165, 1.54) is 11.1 Å². The normalized spacial score (nSPS) is 19.4. The molecule has 5 heteroatoms. The van der Waals surface area contributed by atoms with Crippen molar-refractivity contribution in [3.63, 3.8) is 0 Å².